The molecule has 0 unspecified atom stereocenters. The third-order valence-electron chi connectivity index (χ3n) is 3.52. The Bertz CT molecular complexity index is 790. The molecule has 0 heterocycles. The fourth-order valence-corrected chi connectivity index (χ4v) is 2.16. The molecule has 2 aromatic carbocycles. The van der Waals surface area contributed by atoms with Crippen molar-refractivity contribution in [1.29, 1.82) is 0 Å². The molecule has 0 spiro atoms. The van der Waals surface area contributed by atoms with Crippen LogP contribution in [0.5, 0.6) is 5.75 Å². The molecular weight excluding hydrogens is 348 g/mol. The number of hydrogen-bond acceptors (Lipinski definition) is 5. The zero-order valence-corrected chi connectivity index (χ0v) is 15.4. The zero-order chi connectivity index (χ0) is 19.8. The largest absolute Gasteiger partial charge is 0.479 e. The lowest BCUT2D eigenvalue weighted by Gasteiger charge is -2.18. The van der Waals surface area contributed by atoms with Gasteiger partial charge in [0.15, 0.2) is 12.2 Å². The van der Waals surface area contributed by atoms with Gasteiger partial charge in [-0.05, 0) is 50.2 Å². The van der Waals surface area contributed by atoms with E-state index in [4.69, 9.17) is 9.47 Å². The predicted molar refractivity (Wildman–Crippen MR) is 101 cm³/mol. The number of carbonyl (C=O) groups excluding carboxylic acids is 3. The average Bonchev–Trinajstić information content (AvgIpc) is 2.63. The molecule has 0 aliphatic rings. The highest BCUT2D eigenvalue weighted by Crippen LogP contribution is 2.15. The molecule has 0 saturated heterocycles. The van der Waals surface area contributed by atoms with E-state index in [0.717, 1.165) is 0 Å². The maximum Gasteiger partial charge on any atom is 0.347 e. The topological polar surface area (TPSA) is 93.7 Å². The summed E-state index contributed by atoms with van der Waals surface area (Å²) in [4.78, 5) is 35.3. The molecule has 27 heavy (non-hydrogen) atoms. The SMILES string of the molecule is CC(=O)Nc1ccc(NC(=O)[C@H](C)OC(=O)[C@@H](C)Oc2ccccc2)cc1. The van der Waals surface area contributed by atoms with E-state index >= 15 is 0 Å². The number of benzene rings is 2. The van der Waals surface area contributed by atoms with Crippen LogP contribution in [0.2, 0.25) is 0 Å². The summed E-state index contributed by atoms with van der Waals surface area (Å²) in [5.41, 5.74) is 1.14. The molecule has 0 saturated carbocycles. The number of nitrogens with one attached hydrogen (secondary N) is 2. The van der Waals surface area contributed by atoms with E-state index in [-0.39, 0.29) is 5.91 Å². The third kappa shape index (κ3) is 6.47. The molecule has 142 valence electrons. The molecule has 0 aliphatic carbocycles. The molecule has 0 fully saturated rings. The Morgan fingerprint density at radius 1 is 0.815 bits per heavy atom. The Kier molecular flexibility index (Phi) is 6.93. The summed E-state index contributed by atoms with van der Waals surface area (Å²) in [7, 11) is 0. The van der Waals surface area contributed by atoms with Gasteiger partial charge in [0.05, 0.1) is 0 Å². The second kappa shape index (κ2) is 9.38. The number of esters is 1. The number of rotatable bonds is 7. The van der Waals surface area contributed by atoms with Gasteiger partial charge in [-0.15, -0.1) is 0 Å². The van der Waals surface area contributed by atoms with E-state index in [1.807, 2.05) is 6.07 Å². The van der Waals surface area contributed by atoms with Gasteiger partial charge >= 0.3 is 5.97 Å². The van der Waals surface area contributed by atoms with Crippen LogP contribution < -0.4 is 15.4 Å². The van der Waals surface area contributed by atoms with Crippen molar-refractivity contribution in [2.75, 3.05) is 10.6 Å². The third-order valence-corrected chi connectivity index (χ3v) is 3.52. The molecule has 0 aliphatic heterocycles. The molecule has 0 radical (unpaired) electrons. The molecule has 2 rings (SSSR count). The summed E-state index contributed by atoms with van der Waals surface area (Å²) < 4.78 is 10.6. The van der Waals surface area contributed by atoms with Crippen molar-refractivity contribution in [1.82, 2.24) is 0 Å². The second-order valence-corrected chi connectivity index (χ2v) is 5.90. The number of carbonyl (C=O) groups is 3. The first kappa shape index (κ1) is 20.0. The van der Waals surface area contributed by atoms with Crippen LogP contribution in [0.4, 0.5) is 11.4 Å². The van der Waals surface area contributed by atoms with Crippen LogP contribution in [0.25, 0.3) is 0 Å². The average molecular weight is 370 g/mol. The summed E-state index contributed by atoms with van der Waals surface area (Å²) in [5.74, 6) is -0.748. The number of ether oxygens (including phenoxy) is 2. The Morgan fingerprint density at radius 3 is 1.93 bits per heavy atom. The molecule has 2 atom stereocenters. The Labute approximate surface area is 157 Å². The van der Waals surface area contributed by atoms with Gasteiger partial charge in [-0.25, -0.2) is 4.79 Å². The minimum atomic E-state index is -0.991. The highest BCUT2D eigenvalue weighted by Gasteiger charge is 2.23. The fraction of sp³-hybridized carbons (Fsp3) is 0.250. The van der Waals surface area contributed by atoms with Crippen LogP contribution >= 0.6 is 0 Å². The van der Waals surface area contributed by atoms with Gasteiger partial charge < -0.3 is 20.1 Å². The van der Waals surface area contributed by atoms with Crippen LogP contribution in [0.3, 0.4) is 0 Å². The molecular formula is C20H22N2O5. The van der Waals surface area contributed by atoms with E-state index in [9.17, 15) is 14.4 Å². The molecule has 7 nitrogen and oxygen atoms in total. The predicted octanol–water partition coefficient (Wildman–Crippen LogP) is 2.98. The van der Waals surface area contributed by atoms with Gasteiger partial charge in [0.25, 0.3) is 5.91 Å². The van der Waals surface area contributed by atoms with Crippen molar-refractivity contribution in [2.45, 2.75) is 33.0 Å². The summed E-state index contributed by atoms with van der Waals surface area (Å²) in [6.07, 6.45) is -1.84. The Morgan fingerprint density at radius 2 is 1.37 bits per heavy atom. The normalized spacial score (nSPS) is 12.4. The van der Waals surface area contributed by atoms with E-state index in [1.54, 1.807) is 55.5 Å². The lowest BCUT2D eigenvalue weighted by Crippen LogP contribution is -2.35. The molecule has 0 aromatic heterocycles. The first-order valence-corrected chi connectivity index (χ1v) is 8.46. The van der Waals surface area contributed by atoms with Gasteiger partial charge in [0.1, 0.15) is 5.75 Å². The number of anilines is 2. The van der Waals surface area contributed by atoms with Gasteiger partial charge in [-0.1, -0.05) is 18.2 Å². The van der Waals surface area contributed by atoms with Crippen LogP contribution in [0.15, 0.2) is 54.6 Å². The van der Waals surface area contributed by atoms with Crippen molar-refractivity contribution < 1.29 is 23.9 Å². The number of hydrogen-bond donors (Lipinski definition) is 2. The van der Waals surface area contributed by atoms with Crippen molar-refractivity contribution in [2.24, 2.45) is 0 Å². The highest BCUT2D eigenvalue weighted by molar-refractivity contribution is 5.95. The lowest BCUT2D eigenvalue weighted by atomic mass is 10.2. The minimum absolute atomic E-state index is 0.181. The van der Waals surface area contributed by atoms with Crippen LogP contribution in [0, 0.1) is 0 Å². The Hall–Kier alpha value is -3.35. The zero-order valence-electron chi connectivity index (χ0n) is 15.4. The van der Waals surface area contributed by atoms with Crippen molar-refractivity contribution >= 4 is 29.2 Å². The molecule has 2 amide bonds. The minimum Gasteiger partial charge on any atom is -0.479 e. The summed E-state index contributed by atoms with van der Waals surface area (Å²) in [5, 5.41) is 5.28. The smallest absolute Gasteiger partial charge is 0.347 e. The first-order chi connectivity index (χ1) is 12.8. The summed E-state index contributed by atoms with van der Waals surface area (Å²) in [6, 6.07) is 15.5. The van der Waals surface area contributed by atoms with E-state index < -0.39 is 24.1 Å². The van der Waals surface area contributed by atoms with E-state index in [1.165, 1.54) is 13.8 Å². The van der Waals surface area contributed by atoms with Gasteiger partial charge in [-0.3, -0.25) is 9.59 Å². The van der Waals surface area contributed by atoms with E-state index in [0.29, 0.717) is 17.1 Å². The maximum absolute atomic E-state index is 12.2. The van der Waals surface area contributed by atoms with Crippen molar-refractivity contribution in [3.8, 4) is 5.75 Å². The number of amides is 2. The monoisotopic (exact) mass is 370 g/mol. The van der Waals surface area contributed by atoms with E-state index in [2.05, 4.69) is 10.6 Å². The summed E-state index contributed by atoms with van der Waals surface area (Å²) >= 11 is 0. The first-order valence-electron chi connectivity index (χ1n) is 8.46. The van der Waals surface area contributed by atoms with Crippen LogP contribution in [-0.2, 0) is 19.1 Å². The van der Waals surface area contributed by atoms with Crippen LogP contribution in [-0.4, -0.2) is 30.0 Å². The standard InChI is InChI=1S/C20H22N2O5/c1-13(27-20(25)14(2)26-18-7-5-4-6-8-18)19(24)22-17-11-9-16(10-12-17)21-15(3)23/h4-14H,1-3H3,(H,21,23)(H,22,24)/t13-,14+/m0/s1. The summed E-state index contributed by atoms with van der Waals surface area (Å²) in [6.45, 7) is 4.45. The number of para-hydroxylation sites is 1. The molecule has 0 bridgehead atoms. The quantitative estimate of drug-likeness (QED) is 0.731. The highest BCUT2D eigenvalue weighted by atomic mass is 16.6. The van der Waals surface area contributed by atoms with Crippen LogP contribution in [0.1, 0.15) is 20.8 Å². The Balaban J connectivity index is 1.85. The van der Waals surface area contributed by atoms with Gasteiger partial charge in [0, 0.05) is 18.3 Å². The molecule has 2 aromatic rings. The lowest BCUT2D eigenvalue weighted by molar-refractivity contribution is -0.159. The fourth-order valence-electron chi connectivity index (χ4n) is 2.16. The maximum atomic E-state index is 12.2. The molecule has 2 N–H and O–H groups in total. The van der Waals surface area contributed by atoms with Gasteiger partial charge in [-0.2, -0.15) is 0 Å². The molecule has 7 heteroatoms. The van der Waals surface area contributed by atoms with Crippen molar-refractivity contribution in [3.05, 3.63) is 54.6 Å². The second-order valence-electron chi connectivity index (χ2n) is 5.90. The van der Waals surface area contributed by atoms with Crippen molar-refractivity contribution in [3.63, 3.8) is 0 Å². The van der Waals surface area contributed by atoms with Gasteiger partial charge in [0.2, 0.25) is 5.91 Å².